The van der Waals surface area contributed by atoms with E-state index in [0.29, 0.717) is 30.2 Å². The number of nitrogens with two attached hydrogens (primary N) is 1. The Bertz CT molecular complexity index is 253. The van der Waals surface area contributed by atoms with Crippen LogP contribution in [0.25, 0.3) is 0 Å². The molecule has 3 atom stereocenters. The Balaban J connectivity index is 2.41. The summed E-state index contributed by atoms with van der Waals surface area (Å²) in [5, 5.41) is 0. The van der Waals surface area contributed by atoms with Gasteiger partial charge in [-0.05, 0) is 38.0 Å². The highest BCUT2D eigenvalue weighted by Gasteiger charge is 2.27. The number of carbonyl (C=O) groups is 1. The number of carbonyl (C=O) groups excluding carboxylic acids is 1. The molecule has 0 aromatic heterocycles. The van der Waals surface area contributed by atoms with Crippen LogP contribution in [0, 0.1) is 11.8 Å². The van der Waals surface area contributed by atoms with Gasteiger partial charge in [0.25, 0.3) is 0 Å². The van der Waals surface area contributed by atoms with E-state index in [1.54, 1.807) is 0 Å². The Labute approximate surface area is 106 Å². The van der Waals surface area contributed by atoms with Crippen molar-refractivity contribution in [2.75, 3.05) is 6.54 Å². The molecule has 1 amide bonds. The molecule has 0 aromatic rings. The van der Waals surface area contributed by atoms with Crippen LogP contribution in [0.5, 0.6) is 0 Å². The van der Waals surface area contributed by atoms with E-state index < -0.39 is 0 Å². The minimum atomic E-state index is 0.280. The Morgan fingerprint density at radius 3 is 2.59 bits per heavy atom. The summed E-state index contributed by atoms with van der Waals surface area (Å²) in [6, 6.07) is 0.597. The molecule has 1 rings (SSSR count). The highest BCUT2D eigenvalue weighted by molar-refractivity contribution is 5.76. The standard InChI is InChI=1S/C14H28N2O/c1-10(2)7-11(3)8-14(17)16-6-5-13(15)9-12(16)4/h10-13H,5-9,15H2,1-4H3/t11-,12+,13-/m0/s1. The lowest BCUT2D eigenvalue weighted by Crippen LogP contribution is -2.48. The van der Waals surface area contributed by atoms with Crippen LogP contribution in [0.2, 0.25) is 0 Å². The van der Waals surface area contributed by atoms with Crippen molar-refractivity contribution in [2.24, 2.45) is 17.6 Å². The third-order valence-corrected chi connectivity index (χ3v) is 3.63. The summed E-state index contributed by atoms with van der Waals surface area (Å²) in [7, 11) is 0. The molecule has 3 nitrogen and oxygen atoms in total. The third-order valence-electron chi connectivity index (χ3n) is 3.63. The fraction of sp³-hybridized carbons (Fsp3) is 0.929. The number of rotatable bonds is 4. The van der Waals surface area contributed by atoms with E-state index in [2.05, 4.69) is 27.7 Å². The molecule has 1 aliphatic heterocycles. The molecular weight excluding hydrogens is 212 g/mol. The summed E-state index contributed by atoms with van der Waals surface area (Å²) in [5.41, 5.74) is 5.92. The summed E-state index contributed by atoms with van der Waals surface area (Å²) in [6.07, 6.45) is 3.73. The average molecular weight is 240 g/mol. The fourth-order valence-electron chi connectivity index (χ4n) is 2.88. The van der Waals surface area contributed by atoms with Crippen molar-refractivity contribution in [2.45, 2.75) is 65.5 Å². The summed E-state index contributed by atoms with van der Waals surface area (Å²) in [5.74, 6) is 1.48. The maximum Gasteiger partial charge on any atom is 0.223 e. The van der Waals surface area contributed by atoms with E-state index in [0.717, 1.165) is 25.8 Å². The lowest BCUT2D eigenvalue weighted by atomic mass is 9.93. The average Bonchev–Trinajstić information content (AvgIpc) is 2.15. The van der Waals surface area contributed by atoms with Gasteiger partial charge in [-0.2, -0.15) is 0 Å². The number of hydrogen-bond acceptors (Lipinski definition) is 2. The number of likely N-dealkylation sites (tertiary alicyclic amines) is 1. The molecule has 0 radical (unpaired) electrons. The highest BCUT2D eigenvalue weighted by Crippen LogP contribution is 2.20. The number of amides is 1. The number of hydrogen-bond donors (Lipinski definition) is 1. The molecule has 1 aliphatic rings. The quantitative estimate of drug-likeness (QED) is 0.820. The van der Waals surface area contributed by atoms with Crippen molar-refractivity contribution in [1.82, 2.24) is 4.90 Å². The van der Waals surface area contributed by atoms with Gasteiger partial charge in [0, 0.05) is 25.0 Å². The smallest absolute Gasteiger partial charge is 0.223 e. The topological polar surface area (TPSA) is 46.3 Å². The van der Waals surface area contributed by atoms with E-state index in [9.17, 15) is 4.79 Å². The zero-order chi connectivity index (χ0) is 13.0. The van der Waals surface area contributed by atoms with Crippen molar-refractivity contribution < 1.29 is 4.79 Å². The Hall–Kier alpha value is -0.570. The predicted molar refractivity (Wildman–Crippen MR) is 71.6 cm³/mol. The second kappa shape index (κ2) is 6.39. The molecule has 1 fully saturated rings. The first-order valence-corrected chi connectivity index (χ1v) is 6.95. The molecule has 2 N–H and O–H groups in total. The van der Waals surface area contributed by atoms with Gasteiger partial charge in [0.2, 0.25) is 5.91 Å². The highest BCUT2D eigenvalue weighted by atomic mass is 16.2. The summed E-state index contributed by atoms with van der Waals surface area (Å²) in [6.45, 7) is 9.56. The molecule has 3 heteroatoms. The second-order valence-electron chi connectivity index (χ2n) is 6.16. The van der Waals surface area contributed by atoms with Gasteiger partial charge < -0.3 is 10.6 Å². The van der Waals surface area contributed by atoms with Crippen molar-refractivity contribution >= 4 is 5.91 Å². The molecule has 1 saturated heterocycles. The maximum atomic E-state index is 12.2. The van der Waals surface area contributed by atoms with E-state index in [1.165, 1.54) is 0 Å². The van der Waals surface area contributed by atoms with E-state index in [-0.39, 0.29) is 6.04 Å². The molecule has 0 bridgehead atoms. The monoisotopic (exact) mass is 240 g/mol. The van der Waals surface area contributed by atoms with Crippen molar-refractivity contribution in [1.29, 1.82) is 0 Å². The number of nitrogens with zero attached hydrogens (tertiary/aromatic N) is 1. The van der Waals surface area contributed by atoms with Crippen LogP contribution in [-0.4, -0.2) is 29.4 Å². The Morgan fingerprint density at radius 1 is 1.41 bits per heavy atom. The maximum absolute atomic E-state index is 12.2. The van der Waals surface area contributed by atoms with Gasteiger partial charge in [-0.25, -0.2) is 0 Å². The summed E-state index contributed by atoms with van der Waals surface area (Å²) >= 11 is 0. The minimum absolute atomic E-state index is 0.280. The molecule has 0 spiro atoms. The van der Waals surface area contributed by atoms with Crippen LogP contribution < -0.4 is 5.73 Å². The molecule has 0 aromatic carbocycles. The van der Waals surface area contributed by atoms with Gasteiger partial charge in [0.15, 0.2) is 0 Å². The van der Waals surface area contributed by atoms with Crippen molar-refractivity contribution in [3.63, 3.8) is 0 Å². The lowest BCUT2D eigenvalue weighted by molar-refractivity contribution is -0.135. The predicted octanol–water partition coefficient (Wildman–Crippen LogP) is 2.40. The SMILES string of the molecule is CC(C)C[C@H](C)CC(=O)N1CC[C@H](N)C[C@H]1C. The first-order chi connectivity index (χ1) is 7.90. The van der Waals surface area contributed by atoms with Gasteiger partial charge in [-0.1, -0.05) is 20.8 Å². The lowest BCUT2D eigenvalue weighted by Gasteiger charge is -2.37. The van der Waals surface area contributed by atoms with Crippen LogP contribution in [0.15, 0.2) is 0 Å². The van der Waals surface area contributed by atoms with Gasteiger partial charge in [-0.15, -0.1) is 0 Å². The van der Waals surface area contributed by atoms with Crippen molar-refractivity contribution in [3.8, 4) is 0 Å². The van der Waals surface area contributed by atoms with Crippen LogP contribution in [0.4, 0.5) is 0 Å². The minimum Gasteiger partial charge on any atom is -0.340 e. The van der Waals surface area contributed by atoms with Gasteiger partial charge in [0.1, 0.15) is 0 Å². The molecular formula is C14H28N2O. The largest absolute Gasteiger partial charge is 0.340 e. The first kappa shape index (κ1) is 14.5. The molecule has 17 heavy (non-hydrogen) atoms. The summed E-state index contributed by atoms with van der Waals surface area (Å²) < 4.78 is 0. The molecule has 0 saturated carbocycles. The van der Waals surface area contributed by atoms with E-state index in [4.69, 9.17) is 5.73 Å². The fourth-order valence-corrected chi connectivity index (χ4v) is 2.88. The van der Waals surface area contributed by atoms with Gasteiger partial charge in [0.05, 0.1) is 0 Å². The number of piperidine rings is 1. The molecule has 0 aliphatic carbocycles. The van der Waals surface area contributed by atoms with E-state index in [1.807, 2.05) is 4.90 Å². The molecule has 0 unspecified atom stereocenters. The first-order valence-electron chi connectivity index (χ1n) is 6.95. The van der Waals surface area contributed by atoms with E-state index >= 15 is 0 Å². The summed E-state index contributed by atoms with van der Waals surface area (Å²) in [4.78, 5) is 14.2. The van der Waals surface area contributed by atoms with Crippen LogP contribution in [0.1, 0.15) is 53.4 Å². The molecule has 1 heterocycles. The van der Waals surface area contributed by atoms with Gasteiger partial charge >= 0.3 is 0 Å². The zero-order valence-corrected chi connectivity index (χ0v) is 11.8. The Morgan fingerprint density at radius 2 is 2.06 bits per heavy atom. The van der Waals surface area contributed by atoms with Crippen molar-refractivity contribution in [3.05, 3.63) is 0 Å². The zero-order valence-electron chi connectivity index (χ0n) is 11.8. The van der Waals surface area contributed by atoms with Crippen LogP contribution >= 0.6 is 0 Å². The van der Waals surface area contributed by atoms with Crippen LogP contribution in [0.3, 0.4) is 0 Å². The molecule has 100 valence electrons. The second-order valence-corrected chi connectivity index (χ2v) is 6.16. The van der Waals surface area contributed by atoms with Gasteiger partial charge in [-0.3, -0.25) is 4.79 Å². The third kappa shape index (κ3) is 4.66. The normalized spacial score (nSPS) is 27.3. The Kier molecular flexibility index (Phi) is 5.44. The van der Waals surface area contributed by atoms with Crippen LogP contribution in [-0.2, 0) is 4.79 Å².